The topological polar surface area (TPSA) is 65.1 Å². The Kier molecular flexibility index (Phi) is 2.04. The minimum atomic E-state index is -0.492. The highest BCUT2D eigenvalue weighted by Crippen LogP contribution is 2.17. The van der Waals surface area contributed by atoms with Crippen molar-refractivity contribution in [2.24, 2.45) is 5.73 Å². The maximum Gasteiger partial charge on any atom is 0.248 e. The first-order chi connectivity index (χ1) is 7.09. The number of hydrogen-bond donors (Lipinski definition) is 1. The van der Waals surface area contributed by atoms with Gasteiger partial charge in [0.05, 0.1) is 5.52 Å². The summed E-state index contributed by atoms with van der Waals surface area (Å²) in [7, 11) is 0. The molecule has 0 aliphatic carbocycles. The smallest absolute Gasteiger partial charge is 0.248 e. The summed E-state index contributed by atoms with van der Waals surface area (Å²) in [6, 6.07) is 6.87. The van der Waals surface area contributed by atoms with Gasteiger partial charge in [-0.3, -0.25) is 14.2 Å². The van der Waals surface area contributed by atoms with E-state index < -0.39 is 5.91 Å². The third-order valence-electron chi connectivity index (χ3n) is 2.32. The van der Waals surface area contributed by atoms with Gasteiger partial charge >= 0.3 is 0 Å². The monoisotopic (exact) mass is 202 g/mol. The first-order valence-corrected chi connectivity index (χ1v) is 4.51. The molecule has 1 amide bonds. The van der Waals surface area contributed by atoms with Crippen molar-refractivity contribution in [3.63, 3.8) is 0 Å². The van der Waals surface area contributed by atoms with E-state index >= 15 is 0 Å². The molecule has 1 heterocycles. The number of amides is 1. The van der Waals surface area contributed by atoms with Crippen LogP contribution in [0.5, 0.6) is 0 Å². The Labute approximate surface area is 86.3 Å². The number of fused-ring (bicyclic) bond motifs is 1. The minimum absolute atomic E-state index is 0.0911. The van der Waals surface area contributed by atoms with Crippen LogP contribution in [0.25, 0.3) is 10.9 Å². The van der Waals surface area contributed by atoms with E-state index in [1.54, 1.807) is 24.4 Å². The van der Waals surface area contributed by atoms with Crippen molar-refractivity contribution in [1.29, 1.82) is 0 Å². The molecule has 15 heavy (non-hydrogen) atoms. The lowest BCUT2D eigenvalue weighted by atomic mass is 10.1. The van der Waals surface area contributed by atoms with Crippen molar-refractivity contribution >= 4 is 22.7 Å². The normalized spacial score (nSPS) is 10.5. The first kappa shape index (κ1) is 9.45. The van der Waals surface area contributed by atoms with Crippen LogP contribution in [-0.2, 0) is 0 Å². The van der Waals surface area contributed by atoms with Crippen LogP contribution < -0.4 is 5.73 Å². The lowest BCUT2D eigenvalue weighted by Gasteiger charge is -2.00. The third kappa shape index (κ3) is 1.50. The molecule has 0 unspecified atom stereocenters. The van der Waals surface area contributed by atoms with E-state index in [9.17, 15) is 9.59 Å². The van der Waals surface area contributed by atoms with Gasteiger partial charge in [-0.1, -0.05) is 6.07 Å². The molecule has 0 bridgehead atoms. The molecule has 2 aromatic rings. The zero-order chi connectivity index (χ0) is 11.0. The van der Waals surface area contributed by atoms with Crippen LogP contribution in [0, 0.1) is 0 Å². The number of primary amides is 1. The van der Waals surface area contributed by atoms with E-state index in [0.29, 0.717) is 11.1 Å². The highest BCUT2D eigenvalue weighted by atomic mass is 16.2. The van der Waals surface area contributed by atoms with E-state index in [1.807, 2.05) is 6.07 Å². The molecule has 4 nitrogen and oxygen atoms in total. The highest BCUT2D eigenvalue weighted by Gasteiger charge is 2.07. The van der Waals surface area contributed by atoms with Crippen molar-refractivity contribution in [3.8, 4) is 0 Å². The predicted octanol–water partition coefficient (Wildman–Crippen LogP) is 1.40. The van der Waals surface area contributed by atoms with Crippen molar-refractivity contribution in [1.82, 2.24) is 4.57 Å². The highest BCUT2D eigenvalue weighted by molar-refractivity contribution is 5.99. The van der Waals surface area contributed by atoms with Crippen molar-refractivity contribution < 1.29 is 9.59 Å². The van der Waals surface area contributed by atoms with Crippen LogP contribution in [0.2, 0.25) is 0 Å². The van der Waals surface area contributed by atoms with Gasteiger partial charge < -0.3 is 5.73 Å². The molecule has 0 aliphatic rings. The zero-order valence-corrected chi connectivity index (χ0v) is 8.23. The molecule has 0 spiro atoms. The summed E-state index contributed by atoms with van der Waals surface area (Å²) < 4.78 is 1.49. The molecular weight excluding hydrogens is 192 g/mol. The molecule has 0 atom stereocenters. The fourth-order valence-electron chi connectivity index (χ4n) is 1.56. The number of nitrogens with two attached hydrogens (primary N) is 1. The van der Waals surface area contributed by atoms with Gasteiger partial charge in [-0.15, -0.1) is 0 Å². The molecule has 2 N–H and O–H groups in total. The largest absolute Gasteiger partial charge is 0.366 e. The number of carbonyl (C=O) groups excluding carboxylic acids is 2. The molecule has 0 aliphatic heterocycles. The maximum atomic E-state index is 11.2. The van der Waals surface area contributed by atoms with Gasteiger partial charge in [0.1, 0.15) is 0 Å². The quantitative estimate of drug-likeness (QED) is 0.759. The SMILES string of the molecule is CC(=O)n1ccc2ccc(C(N)=O)cc21. The van der Waals surface area contributed by atoms with Crippen molar-refractivity contribution in [3.05, 3.63) is 36.0 Å². The van der Waals surface area contributed by atoms with E-state index in [-0.39, 0.29) is 5.91 Å². The maximum absolute atomic E-state index is 11.2. The Morgan fingerprint density at radius 1 is 1.27 bits per heavy atom. The number of rotatable bonds is 1. The van der Waals surface area contributed by atoms with E-state index in [4.69, 9.17) is 5.73 Å². The van der Waals surface area contributed by atoms with Gasteiger partial charge in [-0.25, -0.2) is 0 Å². The fourth-order valence-corrected chi connectivity index (χ4v) is 1.56. The van der Waals surface area contributed by atoms with Gasteiger partial charge in [-0.2, -0.15) is 0 Å². The number of benzene rings is 1. The van der Waals surface area contributed by atoms with Gasteiger partial charge in [-0.05, 0) is 18.2 Å². The number of hydrogen-bond acceptors (Lipinski definition) is 2. The molecule has 0 fully saturated rings. The fraction of sp³-hybridized carbons (Fsp3) is 0.0909. The zero-order valence-electron chi connectivity index (χ0n) is 8.23. The van der Waals surface area contributed by atoms with Crippen LogP contribution in [0.3, 0.4) is 0 Å². The average molecular weight is 202 g/mol. The Balaban J connectivity index is 2.72. The molecule has 0 saturated heterocycles. The van der Waals surface area contributed by atoms with Crippen molar-refractivity contribution in [2.75, 3.05) is 0 Å². The Hall–Kier alpha value is -2.10. The number of carbonyl (C=O) groups is 2. The lowest BCUT2D eigenvalue weighted by molar-refractivity contribution is 0.0939. The molecule has 2 rings (SSSR count). The molecule has 76 valence electrons. The molecule has 1 aromatic carbocycles. The second-order valence-corrected chi connectivity index (χ2v) is 3.34. The average Bonchev–Trinajstić information content (AvgIpc) is 2.59. The van der Waals surface area contributed by atoms with Gasteiger partial charge in [0, 0.05) is 24.1 Å². The second-order valence-electron chi connectivity index (χ2n) is 3.34. The van der Waals surface area contributed by atoms with Crippen LogP contribution in [0.15, 0.2) is 30.5 Å². The standard InChI is InChI=1S/C11H10N2O2/c1-7(14)13-5-4-8-2-3-9(11(12)15)6-10(8)13/h2-6H,1H3,(H2,12,15). The van der Waals surface area contributed by atoms with Crippen LogP contribution in [0.1, 0.15) is 22.1 Å². The Morgan fingerprint density at radius 3 is 2.60 bits per heavy atom. The number of aromatic nitrogens is 1. The van der Waals surface area contributed by atoms with E-state index in [1.165, 1.54) is 11.5 Å². The summed E-state index contributed by atoms with van der Waals surface area (Å²) in [6.07, 6.45) is 1.68. The summed E-state index contributed by atoms with van der Waals surface area (Å²) in [6.45, 7) is 1.47. The van der Waals surface area contributed by atoms with Crippen LogP contribution >= 0.6 is 0 Å². The summed E-state index contributed by atoms with van der Waals surface area (Å²) in [4.78, 5) is 22.2. The summed E-state index contributed by atoms with van der Waals surface area (Å²) in [5.74, 6) is -0.583. The Morgan fingerprint density at radius 2 is 2.00 bits per heavy atom. The summed E-state index contributed by atoms with van der Waals surface area (Å²) >= 11 is 0. The second kappa shape index (κ2) is 3.24. The molecule has 1 aromatic heterocycles. The minimum Gasteiger partial charge on any atom is -0.366 e. The van der Waals surface area contributed by atoms with Gasteiger partial charge in [0.2, 0.25) is 11.8 Å². The molecule has 0 saturated carbocycles. The van der Waals surface area contributed by atoms with E-state index in [0.717, 1.165) is 5.39 Å². The van der Waals surface area contributed by atoms with Crippen LogP contribution in [0.4, 0.5) is 0 Å². The first-order valence-electron chi connectivity index (χ1n) is 4.51. The molecule has 0 radical (unpaired) electrons. The van der Waals surface area contributed by atoms with Crippen molar-refractivity contribution in [2.45, 2.75) is 6.92 Å². The van der Waals surface area contributed by atoms with E-state index in [2.05, 4.69) is 0 Å². The Bertz CT molecular complexity index is 555. The third-order valence-corrected chi connectivity index (χ3v) is 2.32. The van der Waals surface area contributed by atoms with Crippen LogP contribution in [-0.4, -0.2) is 16.4 Å². The lowest BCUT2D eigenvalue weighted by Crippen LogP contribution is -2.11. The summed E-state index contributed by atoms with van der Waals surface area (Å²) in [5.41, 5.74) is 6.28. The number of nitrogens with zero attached hydrogens (tertiary/aromatic N) is 1. The molecule has 4 heteroatoms. The summed E-state index contributed by atoms with van der Waals surface area (Å²) in [5, 5.41) is 0.912. The van der Waals surface area contributed by atoms with Gasteiger partial charge in [0.25, 0.3) is 0 Å². The van der Waals surface area contributed by atoms with Gasteiger partial charge in [0.15, 0.2) is 0 Å². The molecular formula is C11H10N2O2. The predicted molar refractivity (Wildman–Crippen MR) is 56.8 cm³/mol.